The molecule has 2 rings (SSSR count). The molecule has 0 spiro atoms. The maximum absolute atomic E-state index is 10.2. The number of hydrogen-bond acceptors (Lipinski definition) is 4. The summed E-state index contributed by atoms with van der Waals surface area (Å²) in [6.07, 6.45) is 1.32. The fraction of sp³-hybridized carbons (Fsp3) is 0.385. The number of aliphatic hydroxyl groups excluding tert-OH is 1. The number of aryl methyl sites for hydroxylation is 2. The van der Waals surface area contributed by atoms with Crippen molar-refractivity contribution < 1.29 is 9.84 Å². The van der Waals surface area contributed by atoms with Crippen LogP contribution in [0.1, 0.15) is 23.1 Å². The molecule has 102 valence electrons. The molecule has 0 aliphatic rings. The lowest BCUT2D eigenvalue weighted by atomic mass is 10.1. The Labute approximate surface area is 116 Å². The first kappa shape index (κ1) is 13.8. The summed E-state index contributed by atoms with van der Waals surface area (Å²) in [5.74, 6) is 0.519. The fourth-order valence-electron chi connectivity index (χ4n) is 1.91. The van der Waals surface area contributed by atoms with E-state index >= 15 is 0 Å². The van der Waals surface area contributed by atoms with Crippen LogP contribution in [0.2, 0.25) is 5.02 Å². The number of pyridine rings is 1. The minimum absolute atomic E-state index is 0.393. The smallest absolute Gasteiger partial charge is 0.212 e. The maximum Gasteiger partial charge on any atom is 0.212 e. The van der Waals surface area contributed by atoms with Crippen LogP contribution >= 0.6 is 11.6 Å². The largest absolute Gasteiger partial charge is 0.481 e. The van der Waals surface area contributed by atoms with Gasteiger partial charge in [-0.15, -0.1) is 0 Å². The molecular formula is C13H16ClN3O2. The minimum Gasteiger partial charge on any atom is -0.481 e. The number of rotatable bonds is 4. The average molecular weight is 282 g/mol. The molecule has 0 radical (unpaired) electrons. The Morgan fingerprint density at radius 3 is 2.68 bits per heavy atom. The predicted molar refractivity (Wildman–Crippen MR) is 72.4 cm³/mol. The van der Waals surface area contributed by atoms with Crippen LogP contribution in [0.4, 0.5) is 0 Å². The first-order chi connectivity index (χ1) is 9.02. The third-order valence-electron chi connectivity index (χ3n) is 3.00. The summed E-state index contributed by atoms with van der Waals surface area (Å²) >= 11 is 6.16. The van der Waals surface area contributed by atoms with Gasteiger partial charge in [-0.3, -0.25) is 4.68 Å². The van der Waals surface area contributed by atoms with E-state index in [9.17, 15) is 5.11 Å². The van der Waals surface area contributed by atoms with Crippen molar-refractivity contribution in [2.24, 2.45) is 7.05 Å². The third-order valence-corrected chi connectivity index (χ3v) is 3.49. The summed E-state index contributed by atoms with van der Waals surface area (Å²) in [5.41, 5.74) is 2.29. The monoisotopic (exact) mass is 281 g/mol. The Morgan fingerprint density at radius 2 is 2.21 bits per heavy atom. The molecule has 0 fully saturated rings. The number of aliphatic hydroxyl groups is 1. The van der Waals surface area contributed by atoms with Crippen LogP contribution in [0.5, 0.6) is 5.88 Å². The normalized spacial score (nSPS) is 12.5. The second-order valence-corrected chi connectivity index (χ2v) is 4.70. The van der Waals surface area contributed by atoms with Crippen LogP contribution in [-0.2, 0) is 13.5 Å². The summed E-state index contributed by atoms with van der Waals surface area (Å²) in [4.78, 5) is 4.07. The molecule has 0 amide bonds. The zero-order valence-corrected chi connectivity index (χ0v) is 11.8. The molecule has 2 aromatic rings. The van der Waals surface area contributed by atoms with Gasteiger partial charge in [-0.2, -0.15) is 5.10 Å². The second kappa shape index (κ2) is 5.59. The average Bonchev–Trinajstić information content (AvgIpc) is 2.65. The Kier molecular flexibility index (Phi) is 4.07. The molecule has 0 aromatic carbocycles. The SMILES string of the molecule is COc1ccc(C(O)Cc2c(Cl)c(C)nn2C)cn1. The highest BCUT2D eigenvalue weighted by Gasteiger charge is 2.17. The summed E-state index contributed by atoms with van der Waals surface area (Å²) in [6, 6.07) is 3.50. The molecule has 0 aliphatic carbocycles. The Bertz CT molecular complexity index is 566. The fourth-order valence-corrected chi connectivity index (χ4v) is 2.15. The van der Waals surface area contributed by atoms with E-state index in [1.165, 1.54) is 0 Å². The highest BCUT2D eigenvalue weighted by molar-refractivity contribution is 6.31. The van der Waals surface area contributed by atoms with Crippen molar-refractivity contribution in [3.05, 3.63) is 40.3 Å². The van der Waals surface area contributed by atoms with E-state index in [0.29, 0.717) is 17.3 Å². The van der Waals surface area contributed by atoms with Crippen molar-refractivity contribution in [3.8, 4) is 5.88 Å². The number of ether oxygens (including phenoxy) is 1. The van der Waals surface area contributed by atoms with E-state index in [1.807, 2.05) is 14.0 Å². The van der Waals surface area contributed by atoms with E-state index in [2.05, 4.69) is 10.1 Å². The van der Waals surface area contributed by atoms with E-state index in [-0.39, 0.29) is 0 Å². The zero-order valence-electron chi connectivity index (χ0n) is 11.1. The molecule has 1 unspecified atom stereocenters. The Hall–Kier alpha value is -1.59. The van der Waals surface area contributed by atoms with Gasteiger partial charge in [0.1, 0.15) is 0 Å². The van der Waals surface area contributed by atoms with Gasteiger partial charge >= 0.3 is 0 Å². The number of methoxy groups -OCH3 is 1. The molecular weight excluding hydrogens is 266 g/mol. The topological polar surface area (TPSA) is 60.2 Å². The van der Waals surface area contributed by atoms with Crippen molar-refractivity contribution in [1.82, 2.24) is 14.8 Å². The van der Waals surface area contributed by atoms with Gasteiger partial charge < -0.3 is 9.84 Å². The van der Waals surface area contributed by atoms with E-state index in [4.69, 9.17) is 16.3 Å². The third kappa shape index (κ3) is 2.88. The summed E-state index contributed by atoms with van der Waals surface area (Å²) in [6.45, 7) is 1.84. The molecule has 0 aliphatic heterocycles. The summed E-state index contributed by atoms with van der Waals surface area (Å²) in [5, 5.41) is 15.0. The Morgan fingerprint density at radius 1 is 1.47 bits per heavy atom. The van der Waals surface area contributed by atoms with Gasteiger partial charge in [0.05, 0.1) is 29.6 Å². The number of aromatic nitrogens is 3. The molecule has 6 heteroatoms. The van der Waals surface area contributed by atoms with Gasteiger partial charge in [-0.25, -0.2) is 4.98 Å². The lowest BCUT2D eigenvalue weighted by Crippen LogP contribution is -2.07. The van der Waals surface area contributed by atoms with Crippen LogP contribution in [-0.4, -0.2) is 27.0 Å². The van der Waals surface area contributed by atoms with Gasteiger partial charge in [-0.1, -0.05) is 11.6 Å². The summed E-state index contributed by atoms with van der Waals surface area (Å²) in [7, 11) is 3.36. The molecule has 1 N–H and O–H groups in total. The van der Waals surface area contributed by atoms with Gasteiger partial charge in [0, 0.05) is 25.7 Å². The van der Waals surface area contributed by atoms with Crippen molar-refractivity contribution in [1.29, 1.82) is 0 Å². The van der Waals surface area contributed by atoms with E-state index < -0.39 is 6.10 Å². The van der Waals surface area contributed by atoms with Crippen LogP contribution in [0.15, 0.2) is 18.3 Å². The first-order valence-electron chi connectivity index (χ1n) is 5.89. The molecule has 5 nitrogen and oxygen atoms in total. The van der Waals surface area contributed by atoms with Crippen molar-refractivity contribution in [2.45, 2.75) is 19.4 Å². The van der Waals surface area contributed by atoms with Gasteiger partial charge in [0.25, 0.3) is 0 Å². The molecule has 2 heterocycles. The molecule has 2 aromatic heterocycles. The van der Waals surface area contributed by atoms with Crippen molar-refractivity contribution >= 4 is 11.6 Å². The Balaban J connectivity index is 2.17. The maximum atomic E-state index is 10.2. The molecule has 0 saturated carbocycles. The van der Waals surface area contributed by atoms with E-state index in [1.54, 1.807) is 30.1 Å². The molecule has 0 bridgehead atoms. The molecule has 0 saturated heterocycles. The standard InChI is InChI=1S/C13H16ClN3O2/c1-8-13(14)10(17(2)16-8)6-11(18)9-4-5-12(19-3)15-7-9/h4-5,7,11,18H,6H2,1-3H3. The number of halogens is 1. The highest BCUT2D eigenvalue weighted by Crippen LogP contribution is 2.25. The predicted octanol–water partition coefficient (Wildman–Crippen LogP) is 2.06. The van der Waals surface area contributed by atoms with Gasteiger partial charge in [0.2, 0.25) is 5.88 Å². The van der Waals surface area contributed by atoms with Crippen molar-refractivity contribution in [2.75, 3.05) is 7.11 Å². The molecule has 19 heavy (non-hydrogen) atoms. The van der Waals surface area contributed by atoms with E-state index in [0.717, 1.165) is 17.0 Å². The van der Waals surface area contributed by atoms with Crippen LogP contribution in [0, 0.1) is 6.92 Å². The molecule has 1 atom stereocenters. The number of hydrogen-bond donors (Lipinski definition) is 1. The van der Waals surface area contributed by atoms with Crippen LogP contribution in [0.25, 0.3) is 0 Å². The zero-order chi connectivity index (χ0) is 14.0. The van der Waals surface area contributed by atoms with Gasteiger partial charge in [-0.05, 0) is 18.6 Å². The minimum atomic E-state index is -0.675. The number of nitrogens with zero attached hydrogens (tertiary/aromatic N) is 3. The lowest BCUT2D eigenvalue weighted by Gasteiger charge is -2.11. The lowest BCUT2D eigenvalue weighted by molar-refractivity contribution is 0.175. The quantitative estimate of drug-likeness (QED) is 0.932. The van der Waals surface area contributed by atoms with Gasteiger partial charge in [0.15, 0.2) is 0 Å². The van der Waals surface area contributed by atoms with Crippen molar-refractivity contribution in [3.63, 3.8) is 0 Å². The summed E-state index contributed by atoms with van der Waals surface area (Å²) < 4.78 is 6.67. The van der Waals surface area contributed by atoms with Crippen LogP contribution < -0.4 is 4.74 Å². The van der Waals surface area contributed by atoms with Crippen LogP contribution in [0.3, 0.4) is 0 Å². The highest BCUT2D eigenvalue weighted by atomic mass is 35.5. The first-order valence-corrected chi connectivity index (χ1v) is 6.26. The second-order valence-electron chi connectivity index (χ2n) is 4.32.